The molecule has 128 valence electrons. The molecule has 0 aliphatic carbocycles. The molecule has 4 nitrogen and oxygen atoms in total. The number of carbonyl (C=O) groups is 1. The number of hydrogen-bond donors (Lipinski definition) is 2. The Morgan fingerprint density at radius 2 is 1.71 bits per heavy atom. The highest BCUT2D eigenvalue weighted by Gasteiger charge is 2.11. The monoisotopic (exact) mass is 334 g/mol. The number of rotatable bonds is 6. The zero-order valence-electron chi connectivity index (χ0n) is 13.6. The number of benzene rings is 2. The number of carbonyl (C=O) groups excluding carboxylic acids is 1. The molecule has 0 aromatic heterocycles. The van der Waals surface area contributed by atoms with E-state index in [4.69, 9.17) is 4.74 Å². The highest BCUT2D eigenvalue weighted by molar-refractivity contribution is 5.89. The van der Waals surface area contributed by atoms with Gasteiger partial charge in [0.1, 0.15) is 29.7 Å². The molecule has 2 aromatic rings. The van der Waals surface area contributed by atoms with Crippen molar-refractivity contribution >= 4 is 11.7 Å². The van der Waals surface area contributed by atoms with E-state index in [1.165, 1.54) is 11.6 Å². The van der Waals surface area contributed by atoms with Crippen LogP contribution in [-0.4, -0.2) is 19.2 Å². The van der Waals surface area contributed by atoms with Crippen LogP contribution in [0.3, 0.4) is 0 Å². The van der Waals surface area contributed by atoms with Gasteiger partial charge in [0, 0.05) is 0 Å². The zero-order chi connectivity index (χ0) is 17.5. The molecule has 0 fully saturated rings. The van der Waals surface area contributed by atoms with Crippen LogP contribution in [0.4, 0.5) is 19.3 Å². The molecule has 0 unspecified atom stereocenters. The first-order valence-corrected chi connectivity index (χ1v) is 7.69. The van der Waals surface area contributed by atoms with Gasteiger partial charge < -0.3 is 15.4 Å². The van der Waals surface area contributed by atoms with E-state index < -0.39 is 23.4 Å². The summed E-state index contributed by atoms with van der Waals surface area (Å²) in [4.78, 5) is 11.6. The summed E-state index contributed by atoms with van der Waals surface area (Å²) < 4.78 is 32.3. The van der Waals surface area contributed by atoms with Crippen LogP contribution in [0, 0.1) is 11.6 Å². The molecule has 2 rings (SSSR count). The van der Waals surface area contributed by atoms with Crippen molar-refractivity contribution in [1.82, 2.24) is 5.32 Å². The van der Waals surface area contributed by atoms with Crippen LogP contribution in [-0.2, 0) is 0 Å². The van der Waals surface area contributed by atoms with E-state index in [1.807, 2.05) is 24.3 Å². The first-order valence-electron chi connectivity index (χ1n) is 7.69. The third-order valence-electron chi connectivity index (χ3n) is 3.40. The van der Waals surface area contributed by atoms with Gasteiger partial charge in [0.05, 0.1) is 6.54 Å². The fourth-order valence-electron chi connectivity index (χ4n) is 2.06. The van der Waals surface area contributed by atoms with Crippen LogP contribution < -0.4 is 15.4 Å². The van der Waals surface area contributed by atoms with E-state index >= 15 is 0 Å². The molecule has 0 atom stereocenters. The van der Waals surface area contributed by atoms with Crippen LogP contribution >= 0.6 is 0 Å². The van der Waals surface area contributed by atoms with Gasteiger partial charge in [0.15, 0.2) is 0 Å². The largest absolute Gasteiger partial charge is 0.492 e. The van der Waals surface area contributed by atoms with E-state index in [1.54, 1.807) is 0 Å². The minimum atomic E-state index is -0.827. The van der Waals surface area contributed by atoms with Crippen LogP contribution in [0.15, 0.2) is 42.5 Å². The maximum Gasteiger partial charge on any atom is 0.319 e. The average molecular weight is 334 g/mol. The second kappa shape index (κ2) is 8.29. The highest BCUT2D eigenvalue weighted by atomic mass is 19.1. The minimum Gasteiger partial charge on any atom is -0.492 e. The second-order valence-electron chi connectivity index (χ2n) is 5.55. The molecule has 2 N–H and O–H groups in total. The highest BCUT2D eigenvalue weighted by Crippen LogP contribution is 2.19. The predicted molar refractivity (Wildman–Crippen MR) is 89.4 cm³/mol. The summed E-state index contributed by atoms with van der Waals surface area (Å²) in [7, 11) is 0. The van der Waals surface area contributed by atoms with Gasteiger partial charge in [0.2, 0.25) is 0 Å². The number of amides is 2. The van der Waals surface area contributed by atoms with Crippen molar-refractivity contribution in [3.63, 3.8) is 0 Å². The van der Waals surface area contributed by atoms with Gasteiger partial charge in [-0.2, -0.15) is 0 Å². The number of halogens is 2. The lowest BCUT2D eigenvalue weighted by Gasteiger charge is -2.11. The molecule has 6 heteroatoms. The third kappa shape index (κ3) is 4.94. The van der Waals surface area contributed by atoms with Crippen molar-refractivity contribution in [1.29, 1.82) is 0 Å². The molecular weight excluding hydrogens is 314 g/mol. The summed E-state index contributed by atoms with van der Waals surface area (Å²) in [5, 5.41) is 4.62. The number of hydrogen-bond acceptors (Lipinski definition) is 2. The topological polar surface area (TPSA) is 50.4 Å². The minimum absolute atomic E-state index is 0.202. The van der Waals surface area contributed by atoms with E-state index in [0.29, 0.717) is 11.7 Å². The van der Waals surface area contributed by atoms with Gasteiger partial charge in [0.25, 0.3) is 0 Å². The smallest absolute Gasteiger partial charge is 0.319 e. The maximum atomic E-state index is 13.4. The molecule has 0 saturated carbocycles. The Hall–Kier alpha value is -2.63. The predicted octanol–water partition coefficient (Wildman–Crippen LogP) is 4.29. The zero-order valence-corrected chi connectivity index (χ0v) is 13.6. The van der Waals surface area contributed by atoms with Crippen LogP contribution in [0.25, 0.3) is 0 Å². The van der Waals surface area contributed by atoms with E-state index in [9.17, 15) is 13.6 Å². The van der Waals surface area contributed by atoms with Gasteiger partial charge in [-0.1, -0.05) is 32.0 Å². The number of nitrogens with one attached hydrogen (secondary N) is 2. The molecule has 2 aromatic carbocycles. The van der Waals surface area contributed by atoms with E-state index in [0.717, 1.165) is 12.1 Å². The Bertz CT molecular complexity index is 668. The Labute approximate surface area is 139 Å². The van der Waals surface area contributed by atoms with Crippen molar-refractivity contribution in [3.05, 3.63) is 59.7 Å². The molecule has 0 aliphatic rings. The van der Waals surface area contributed by atoms with Gasteiger partial charge in [-0.15, -0.1) is 0 Å². The van der Waals surface area contributed by atoms with Gasteiger partial charge >= 0.3 is 6.03 Å². The summed E-state index contributed by atoms with van der Waals surface area (Å²) in [6, 6.07) is 10.4. The van der Waals surface area contributed by atoms with Crippen molar-refractivity contribution < 1.29 is 18.3 Å². The molecule has 0 heterocycles. The third-order valence-corrected chi connectivity index (χ3v) is 3.40. The SMILES string of the molecule is CC(C)c1ccc(OCCNC(=O)Nc2c(F)cccc2F)cc1. The lowest BCUT2D eigenvalue weighted by Crippen LogP contribution is -2.32. The quantitative estimate of drug-likeness (QED) is 0.774. The normalized spacial score (nSPS) is 10.5. The summed E-state index contributed by atoms with van der Waals surface area (Å²) in [5.74, 6) is -0.511. The van der Waals surface area contributed by atoms with Crippen LogP contribution in [0.1, 0.15) is 25.3 Å². The lowest BCUT2D eigenvalue weighted by molar-refractivity contribution is 0.247. The van der Waals surface area contributed by atoms with Gasteiger partial charge in [-0.05, 0) is 35.7 Å². The molecule has 0 saturated heterocycles. The number of ether oxygens (including phenoxy) is 1. The molecule has 0 radical (unpaired) electrons. The molecule has 0 aliphatic heterocycles. The van der Waals surface area contributed by atoms with Crippen molar-refractivity contribution in [3.8, 4) is 5.75 Å². The lowest BCUT2D eigenvalue weighted by atomic mass is 10.0. The number of urea groups is 1. The first-order chi connectivity index (χ1) is 11.5. The molecule has 0 bridgehead atoms. The molecular formula is C18H20F2N2O2. The summed E-state index contributed by atoms with van der Waals surface area (Å²) in [5.41, 5.74) is 0.743. The van der Waals surface area contributed by atoms with Crippen molar-refractivity contribution in [2.75, 3.05) is 18.5 Å². The molecule has 0 spiro atoms. The summed E-state index contributed by atoms with van der Waals surface area (Å²) in [6.07, 6.45) is 0. The Morgan fingerprint density at radius 3 is 2.29 bits per heavy atom. The molecule has 24 heavy (non-hydrogen) atoms. The van der Waals surface area contributed by atoms with Gasteiger partial charge in [-0.25, -0.2) is 13.6 Å². The van der Waals surface area contributed by atoms with Gasteiger partial charge in [-0.3, -0.25) is 0 Å². The summed E-state index contributed by atoms with van der Waals surface area (Å²) in [6.45, 7) is 4.66. The second-order valence-corrected chi connectivity index (χ2v) is 5.55. The van der Waals surface area contributed by atoms with Crippen LogP contribution in [0.5, 0.6) is 5.75 Å². The number of para-hydroxylation sites is 1. The fraction of sp³-hybridized carbons (Fsp3) is 0.278. The Kier molecular flexibility index (Phi) is 6.12. The average Bonchev–Trinajstić information content (AvgIpc) is 2.55. The van der Waals surface area contributed by atoms with E-state index in [-0.39, 0.29) is 13.2 Å². The Balaban J connectivity index is 1.75. The fourth-order valence-corrected chi connectivity index (χ4v) is 2.06. The van der Waals surface area contributed by atoms with E-state index in [2.05, 4.69) is 24.5 Å². The van der Waals surface area contributed by atoms with Crippen LogP contribution in [0.2, 0.25) is 0 Å². The van der Waals surface area contributed by atoms with Crippen molar-refractivity contribution in [2.45, 2.75) is 19.8 Å². The van der Waals surface area contributed by atoms with Crippen molar-refractivity contribution in [2.24, 2.45) is 0 Å². The number of anilines is 1. The standard InChI is InChI=1S/C18H20F2N2O2/c1-12(2)13-6-8-14(9-7-13)24-11-10-21-18(23)22-17-15(19)4-3-5-16(17)20/h3-9,12H,10-11H2,1-2H3,(H2,21,22,23). The molecule has 2 amide bonds. The first kappa shape index (κ1) is 17.7. The maximum absolute atomic E-state index is 13.4. The Morgan fingerprint density at radius 1 is 1.08 bits per heavy atom. The summed E-state index contributed by atoms with van der Waals surface area (Å²) >= 11 is 0.